The molecule has 8 heteroatoms. The van der Waals surface area contributed by atoms with Gasteiger partial charge in [-0.3, -0.25) is 0 Å². The van der Waals surface area contributed by atoms with E-state index in [0.717, 1.165) is 89.6 Å². The van der Waals surface area contributed by atoms with Gasteiger partial charge in [0.1, 0.15) is 17.2 Å². The number of methoxy groups -OCH3 is 3. The highest BCUT2D eigenvalue weighted by Gasteiger charge is 2.16. The Morgan fingerprint density at radius 1 is 0.315 bits per heavy atom. The first-order chi connectivity index (χ1) is 26.3. The lowest BCUT2D eigenvalue weighted by Gasteiger charge is -2.18. The summed E-state index contributed by atoms with van der Waals surface area (Å²) in [6.07, 6.45) is 0. The molecule has 0 fully saturated rings. The van der Waals surface area contributed by atoms with Crippen molar-refractivity contribution in [2.75, 3.05) is 21.3 Å². The van der Waals surface area contributed by atoms with E-state index in [2.05, 4.69) is 106 Å². The largest absolute Gasteiger partial charge is 0.496 e. The van der Waals surface area contributed by atoms with Gasteiger partial charge in [0, 0.05) is 33.4 Å². The minimum Gasteiger partial charge on any atom is -0.496 e. The maximum atomic E-state index is 6.31. The van der Waals surface area contributed by atoms with Gasteiger partial charge in [-0.2, -0.15) is 0 Å². The second-order valence-electron chi connectivity index (χ2n) is 13.9. The SMILES string of the molecule is COc1c2cc(C)cc1COCc1ccc(cc1)COCc1cc(C)cc(c1OC)COCc1cc(C)cc(c1OC)COCc1ccc(cc1)COC2. The van der Waals surface area contributed by atoms with E-state index < -0.39 is 0 Å². The van der Waals surface area contributed by atoms with Gasteiger partial charge in [0.15, 0.2) is 0 Å². The Morgan fingerprint density at radius 2 is 0.500 bits per heavy atom. The number of rotatable bonds is 3. The highest BCUT2D eigenvalue weighted by molar-refractivity contribution is 5.46. The Bertz CT molecular complexity index is 1850. The van der Waals surface area contributed by atoms with Crippen molar-refractivity contribution in [1.29, 1.82) is 0 Å². The van der Waals surface area contributed by atoms with Crippen LogP contribution >= 0.6 is 0 Å². The third kappa shape index (κ3) is 10.3. The molecule has 5 aromatic carbocycles. The highest BCUT2D eigenvalue weighted by Crippen LogP contribution is 2.32. The van der Waals surface area contributed by atoms with Crippen LogP contribution in [-0.2, 0) is 89.8 Å². The zero-order chi connectivity index (χ0) is 37.9. The predicted octanol–water partition coefficient (Wildman–Crippen LogP) is 9.54. The molecule has 3 heterocycles. The van der Waals surface area contributed by atoms with Crippen molar-refractivity contribution in [2.24, 2.45) is 0 Å². The van der Waals surface area contributed by atoms with Crippen LogP contribution in [0.25, 0.3) is 0 Å². The van der Waals surface area contributed by atoms with Crippen molar-refractivity contribution < 1.29 is 37.9 Å². The summed E-state index contributed by atoms with van der Waals surface area (Å²) in [6, 6.07) is 29.3. The van der Waals surface area contributed by atoms with Crippen LogP contribution in [0.15, 0.2) is 84.9 Å². The highest BCUT2D eigenvalue weighted by atomic mass is 16.5. The maximum Gasteiger partial charge on any atom is 0.129 e. The molecule has 0 unspecified atom stereocenters. The van der Waals surface area contributed by atoms with Gasteiger partial charge in [-0.25, -0.2) is 0 Å². The summed E-state index contributed by atoms with van der Waals surface area (Å²) in [4.78, 5) is 0. The van der Waals surface area contributed by atoms with E-state index in [1.54, 1.807) is 21.3 Å². The van der Waals surface area contributed by atoms with E-state index in [0.29, 0.717) is 66.1 Å². The van der Waals surface area contributed by atoms with E-state index in [-0.39, 0.29) is 0 Å². The molecule has 0 aromatic heterocycles. The van der Waals surface area contributed by atoms with Gasteiger partial charge in [-0.1, -0.05) is 102 Å². The molecule has 0 saturated heterocycles. The minimum atomic E-state index is 0.378. The fourth-order valence-electron chi connectivity index (χ4n) is 7.07. The molecular formula is C46H52O8. The number of ether oxygens (including phenoxy) is 8. The molecule has 0 saturated carbocycles. The van der Waals surface area contributed by atoms with Crippen LogP contribution in [0, 0.1) is 20.8 Å². The monoisotopic (exact) mass is 732 g/mol. The molecule has 54 heavy (non-hydrogen) atoms. The molecule has 3 aliphatic heterocycles. The molecule has 8 rings (SSSR count). The molecule has 0 atom stereocenters. The second kappa shape index (κ2) is 19.1. The number of aryl methyl sites for hydroxylation is 3. The summed E-state index contributed by atoms with van der Waals surface area (Å²) in [6.45, 7) is 10.6. The van der Waals surface area contributed by atoms with Crippen LogP contribution in [0.2, 0.25) is 0 Å². The molecule has 284 valence electrons. The number of benzene rings is 5. The first kappa shape index (κ1) is 39.0. The van der Waals surface area contributed by atoms with Crippen LogP contribution in [0.4, 0.5) is 0 Å². The van der Waals surface area contributed by atoms with Crippen LogP contribution in [0.5, 0.6) is 17.2 Å². The number of hydrogen-bond donors (Lipinski definition) is 0. The molecule has 0 aliphatic carbocycles. The van der Waals surface area contributed by atoms with Gasteiger partial charge >= 0.3 is 0 Å². The Labute approximate surface area is 319 Å². The number of hydrogen-bond acceptors (Lipinski definition) is 8. The lowest BCUT2D eigenvalue weighted by Crippen LogP contribution is -2.05. The second-order valence-corrected chi connectivity index (χ2v) is 13.9. The predicted molar refractivity (Wildman–Crippen MR) is 209 cm³/mol. The van der Waals surface area contributed by atoms with E-state index in [1.165, 1.54) is 0 Å². The Kier molecular flexibility index (Phi) is 13.8. The maximum absolute atomic E-state index is 6.31. The first-order valence-electron chi connectivity index (χ1n) is 18.4. The molecule has 0 amide bonds. The van der Waals surface area contributed by atoms with Crippen LogP contribution in [0.1, 0.15) is 72.3 Å². The van der Waals surface area contributed by atoms with Crippen LogP contribution in [-0.4, -0.2) is 21.3 Å². The normalized spacial score (nSPS) is 14.9. The van der Waals surface area contributed by atoms with Gasteiger partial charge in [0.25, 0.3) is 0 Å². The fourth-order valence-corrected chi connectivity index (χ4v) is 7.07. The lowest BCUT2D eigenvalue weighted by molar-refractivity contribution is 0.0959. The molecule has 0 spiro atoms. The summed E-state index contributed by atoms with van der Waals surface area (Å²) >= 11 is 0. The van der Waals surface area contributed by atoms with Crippen molar-refractivity contribution in [3.8, 4) is 17.2 Å². The van der Waals surface area contributed by atoms with Gasteiger partial charge < -0.3 is 37.9 Å². The molecule has 0 N–H and O–H groups in total. The molecular weight excluding hydrogens is 680 g/mol. The van der Waals surface area contributed by atoms with Gasteiger partial charge in [0.05, 0.1) is 87.4 Å². The van der Waals surface area contributed by atoms with Crippen molar-refractivity contribution in [3.05, 3.63) is 157 Å². The van der Waals surface area contributed by atoms with Gasteiger partial charge in [-0.05, 0) is 43.0 Å². The summed E-state index contributed by atoms with van der Waals surface area (Å²) in [5.41, 5.74) is 13.6. The Hall–Kier alpha value is -4.70. The minimum absolute atomic E-state index is 0.378. The Morgan fingerprint density at radius 3 is 0.685 bits per heavy atom. The summed E-state index contributed by atoms with van der Waals surface area (Å²) in [7, 11) is 5.09. The molecule has 10 bridgehead atoms. The first-order valence-corrected chi connectivity index (χ1v) is 18.4. The van der Waals surface area contributed by atoms with Crippen LogP contribution in [0.3, 0.4) is 0 Å². The molecule has 0 radical (unpaired) electrons. The number of fused-ring (bicyclic) bond motifs is 2. The molecule has 8 nitrogen and oxygen atoms in total. The smallest absolute Gasteiger partial charge is 0.129 e. The van der Waals surface area contributed by atoms with E-state index in [1.807, 2.05) is 0 Å². The molecule has 5 aromatic rings. The van der Waals surface area contributed by atoms with Gasteiger partial charge in [0.2, 0.25) is 0 Å². The average Bonchev–Trinajstić information content (AvgIpc) is 3.15. The van der Waals surface area contributed by atoms with E-state index in [9.17, 15) is 0 Å². The average molecular weight is 733 g/mol. The Balaban J connectivity index is 1.22. The zero-order valence-corrected chi connectivity index (χ0v) is 32.4. The summed E-state index contributed by atoms with van der Waals surface area (Å²) < 4.78 is 48.7. The fraction of sp³-hybridized carbons (Fsp3) is 0.348. The van der Waals surface area contributed by atoms with Crippen molar-refractivity contribution in [1.82, 2.24) is 0 Å². The van der Waals surface area contributed by atoms with Crippen molar-refractivity contribution >= 4 is 0 Å². The van der Waals surface area contributed by atoms with Crippen molar-refractivity contribution in [2.45, 2.75) is 86.8 Å². The van der Waals surface area contributed by atoms with Crippen molar-refractivity contribution in [3.63, 3.8) is 0 Å². The van der Waals surface area contributed by atoms with E-state index in [4.69, 9.17) is 37.9 Å². The zero-order valence-electron chi connectivity index (χ0n) is 32.4. The van der Waals surface area contributed by atoms with E-state index >= 15 is 0 Å². The van der Waals surface area contributed by atoms with Crippen LogP contribution < -0.4 is 14.2 Å². The molecule has 3 aliphatic rings. The van der Waals surface area contributed by atoms with Gasteiger partial charge in [-0.15, -0.1) is 0 Å². The summed E-state index contributed by atoms with van der Waals surface area (Å²) in [5.74, 6) is 2.36. The standard InChI is InChI=1S/C46H52O8/c1-31-15-38-25-50-21-34-7-11-36(12-8-34)23-52-27-40-17-32(2)19-42(45(40)48-5)29-54-30-43-20-33(3)18-41(46(43)49-6)28-53-24-37-13-9-35(10-14-37)22-51-26-39(16-31)44(38)47-4/h7-20H,21-30H2,1-6H3. The quantitative estimate of drug-likeness (QED) is 0.182. The lowest BCUT2D eigenvalue weighted by atomic mass is 10.0. The third-order valence-corrected chi connectivity index (χ3v) is 9.44. The third-order valence-electron chi connectivity index (χ3n) is 9.44. The summed E-state index contributed by atoms with van der Waals surface area (Å²) in [5, 5.41) is 0. The topological polar surface area (TPSA) is 73.8 Å².